The molecule has 1 saturated carbocycles. The molecule has 0 saturated heterocycles. The van der Waals surface area contributed by atoms with Gasteiger partial charge < -0.3 is 10.1 Å². The lowest BCUT2D eigenvalue weighted by Gasteiger charge is -2.09. The number of hydrogen-bond acceptors (Lipinski definition) is 5. The Morgan fingerprint density at radius 3 is 3.00 bits per heavy atom. The maximum Gasteiger partial charge on any atom is 0.168 e. The first-order chi connectivity index (χ1) is 12.7. The van der Waals surface area contributed by atoms with Crippen LogP contribution in [-0.4, -0.2) is 39.5 Å². The molecule has 1 fully saturated rings. The van der Waals surface area contributed by atoms with Crippen molar-refractivity contribution in [3.63, 3.8) is 0 Å². The Hall–Kier alpha value is -2.18. The Kier molecular flexibility index (Phi) is 5.04. The Labute approximate surface area is 157 Å². The van der Waals surface area contributed by atoms with Gasteiger partial charge in [-0.05, 0) is 50.3 Å². The fourth-order valence-corrected chi connectivity index (χ4v) is 3.05. The number of halogens is 1. The van der Waals surface area contributed by atoms with Crippen LogP contribution >= 0.6 is 11.6 Å². The Morgan fingerprint density at radius 2 is 2.19 bits per heavy atom. The first kappa shape index (κ1) is 17.2. The molecular weight excluding hydrogens is 350 g/mol. The number of benzene rings is 1. The molecule has 4 rings (SSSR count). The zero-order valence-corrected chi connectivity index (χ0v) is 15.5. The molecule has 1 N–H and O–H groups in total. The van der Waals surface area contributed by atoms with Gasteiger partial charge in [0.15, 0.2) is 5.65 Å². The summed E-state index contributed by atoms with van der Waals surface area (Å²) in [7, 11) is 0. The number of ether oxygens (including phenoxy) is 1. The lowest BCUT2D eigenvalue weighted by Crippen LogP contribution is -2.09. The number of aromatic nitrogens is 4. The summed E-state index contributed by atoms with van der Waals surface area (Å²) in [5, 5.41) is 9.45. The molecule has 1 aliphatic rings. The van der Waals surface area contributed by atoms with Crippen LogP contribution in [0.2, 0.25) is 5.02 Å². The molecule has 0 radical (unpaired) electrons. The Bertz CT molecular complexity index is 906. The molecule has 2 aromatic heterocycles. The molecule has 0 unspecified atom stereocenters. The molecule has 26 heavy (non-hydrogen) atoms. The van der Waals surface area contributed by atoms with Crippen LogP contribution in [0.1, 0.15) is 25.1 Å². The van der Waals surface area contributed by atoms with Crippen molar-refractivity contribution in [1.29, 1.82) is 0 Å². The summed E-state index contributed by atoms with van der Waals surface area (Å²) < 4.78 is 7.47. The highest BCUT2D eigenvalue weighted by atomic mass is 35.5. The molecule has 0 atom stereocenters. The normalized spacial score (nSPS) is 14.1. The van der Waals surface area contributed by atoms with Gasteiger partial charge in [0, 0.05) is 24.8 Å². The standard InChI is InChI=1S/C19H22ClN5O/c1-13-23-18(21-8-3-9-26-12-14-6-7-14)17-11-22-25(19(17)24-13)16-5-2-4-15(20)10-16/h2,4-5,10-11,14H,3,6-9,12H2,1H3,(H,21,23,24). The summed E-state index contributed by atoms with van der Waals surface area (Å²) in [5.41, 5.74) is 1.65. The van der Waals surface area contributed by atoms with Crippen molar-refractivity contribution < 1.29 is 4.74 Å². The molecular formula is C19H22ClN5O. The molecule has 6 nitrogen and oxygen atoms in total. The molecule has 0 bridgehead atoms. The molecule has 7 heteroatoms. The van der Waals surface area contributed by atoms with Gasteiger partial charge in [0.2, 0.25) is 0 Å². The van der Waals surface area contributed by atoms with Crippen LogP contribution in [0, 0.1) is 12.8 Å². The van der Waals surface area contributed by atoms with Crippen LogP contribution < -0.4 is 5.32 Å². The molecule has 2 heterocycles. The number of nitrogens with one attached hydrogen (secondary N) is 1. The number of anilines is 1. The second-order valence-electron chi connectivity index (χ2n) is 6.69. The summed E-state index contributed by atoms with van der Waals surface area (Å²) in [6.07, 6.45) is 5.39. The van der Waals surface area contributed by atoms with Gasteiger partial charge in [0.1, 0.15) is 11.6 Å². The smallest absolute Gasteiger partial charge is 0.168 e. The predicted octanol–water partition coefficient (Wildman–Crippen LogP) is 4.01. The summed E-state index contributed by atoms with van der Waals surface area (Å²) in [6.45, 7) is 4.37. The lowest BCUT2D eigenvalue weighted by molar-refractivity contribution is 0.124. The maximum absolute atomic E-state index is 6.11. The zero-order valence-electron chi connectivity index (χ0n) is 14.8. The second kappa shape index (κ2) is 7.60. The van der Waals surface area contributed by atoms with Crippen molar-refractivity contribution in [2.45, 2.75) is 26.2 Å². The second-order valence-corrected chi connectivity index (χ2v) is 7.13. The van der Waals surface area contributed by atoms with Gasteiger partial charge in [0.05, 0.1) is 17.3 Å². The highest BCUT2D eigenvalue weighted by Gasteiger charge is 2.20. The molecule has 0 amide bonds. The lowest BCUT2D eigenvalue weighted by atomic mass is 10.3. The van der Waals surface area contributed by atoms with Gasteiger partial charge in [-0.1, -0.05) is 17.7 Å². The largest absolute Gasteiger partial charge is 0.381 e. The highest BCUT2D eigenvalue weighted by Crippen LogP contribution is 2.28. The van der Waals surface area contributed by atoms with E-state index in [2.05, 4.69) is 20.4 Å². The van der Waals surface area contributed by atoms with E-state index in [1.54, 1.807) is 10.9 Å². The van der Waals surface area contributed by atoms with Crippen LogP contribution in [0.3, 0.4) is 0 Å². The quantitative estimate of drug-likeness (QED) is 0.606. The van der Waals surface area contributed by atoms with Crippen molar-refractivity contribution in [3.05, 3.63) is 41.3 Å². The Balaban J connectivity index is 1.48. The minimum atomic E-state index is 0.668. The van der Waals surface area contributed by atoms with Gasteiger partial charge in [0.25, 0.3) is 0 Å². The zero-order chi connectivity index (χ0) is 17.9. The van der Waals surface area contributed by atoms with Crippen molar-refractivity contribution in [1.82, 2.24) is 19.7 Å². The maximum atomic E-state index is 6.11. The van der Waals surface area contributed by atoms with E-state index < -0.39 is 0 Å². The van der Waals surface area contributed by atoms with E-state index in [0.717, 1.165) is 54.6 Å². The van der Waals surface area contributed by atoms with Gasteiger partial charge in [-0.2, -0.15) is 5.10 Å². The minimum absolute atomic E-state index is 0.668. The summed E-state index contributed by atoms with van der Waals surface area (Å²) >= 11 is 6.11. The summed E-state index contributed by atoms with van der Waals surface area (Å²) in [6, 6.07) is 7.57. The van der Waals surface area contributed by atoms with E-state index in [9.17, 15) is 0 Å². The van der Waals surface area contributed by atoms with E-state index in [1.165, 1.54) is 12.8 Å². The summed E-state index contributed by atoms with van der Waals surface area (Å²) in [4.78, 5) is 9.11. The van der Waals surface area contributed by atoms with E-state index in [-0.39, 0.29) is 0 Å². The fourth-order valence-electron chi connectivity index (χ4n) is 2.86. The topological polar surface area (TPSA) is 64.9 Å². The van der Waals surface area contributed by atoms with Gasteiger partial charge in [-0.3, -0.25) is 0 Å². The third-order valence-electron chi connectivity index (χ3n) is 4.40. The molecule has 0 spiro atoms. The van der Waals surface area contributed by atoms with E-state index >= 15 is 0 Å². The molecule has 1 aliphatic carbocycles. The van der Waals surface area contributed by atoms with Gasteiger partial charge in [-0.15, -0.1) is 0 Å². The monoisotopic (exact) mass is 371 g/mol. The SMILES string of the molecule is Cc1nc(NCCCOCC2CC2)c2cnn(-c3cccc(Cl)c3)c2n1. The minimum Gasteiger partial charge on any atom is -0.381 e. The van der Waals surface area contributed by atoms with Crippen molar-refractivity contribution in [3.8, 4) is 5.69 Å². The highest BCUT2D eigenvalue weighted by molar-refractivity contribution is 6.30. The number of hydrogen-bond donors (Lipinski definition) is 1. The van der Waals surface area contributed by atoms with Crippen molar-refractivity contribution >= 4 is 28.5 Å². The fraction of sp³-hybridized carbons (Fsp3) is 0.421. The average molecular weight is 372 g/mol. The van der Waals surface area contributed by atoms with Crippen LogP contribution in [-0.2, 0) is 4.74 Å². The molecule has 3 aromatic rings. The summed E-state index contributed by atoms with van der Waals surface area (Å²) in [5.74, 6) is 2.32. The van der Waals surface area contributed by atoms with E-state index in [0.29, 0.717) is 10.8 Å². The average Bonchev–Trinajstić information content (AvgIpc) is 3.35. The third-order valence-corrected chi connectivity index (χ3v) is 4.64. The first-order valence-corrected chi connectivity index (χ1v) is 9.38. The Morgan fingerprint density at radius 1 is 1.31 bits per heavy atom. The van der Waals surface area contributed by atoms with Crippen LogP contribution in [0.25, 0.3) is 16.7 Å². The predicted molar refractivity (Wildman–Crippen MR) is 103 cm³/mol. The molecule has 0 aliphatic heterocycles. The van der Waals surface area contributed by atoms with Gasteiger partial charge in [-0.25, -0.2) is 14.6 Å². The number of rotatable bonds is 8. The number of fused-ring (bicyclic) bond motifs is 1. The van der Waals surface area contributed by atoms with Crippen LogP contribution in [0.15, 0.2) is 30.5 Å². The number of nitrogens with zero attached hydrogens (tertiary/aromatic N) is 4. The van der Waals surface area contributed by atoms with Crippen molar-refractivity contribution in [2.24, 2.45) is 5.92 Å². The van der Waals surface area contributed by atoms with E-state index in [1.807, 2.05) is 31.2 Å². The first-order valence-electron chi connectivity index (χ1n) is 9.00. The molecule has 1 aromatic carbocycles. The third kappa shape index (κ3) is 3.97. The van der Waals surface area contributed by atoms with Crippen molar-refractivity contribution in [2.75, 3.05) is 25.1 Å². The molecule has 136 valence electrons. The van der Waals surface area contributed by atoms with Crippen LogP contribution in [0.4, 0.5) is 5.82 Å². The number of aryl methyl sites for hydroxylation is 1. The van der Waals surface area contributed by atoms with E-state index in [4.69, 9.17) is 16.3 Å². The van der Waals surface area contributed by atoms with Crippen LogP contribution in [0.5, 0.6) is 0 Å². The van der Waals surface area contributed by atoms with Gasteiger partial charge >= 0.3 is 0 Å².